The summed E-state index contributed by atoms with van der Waals surface area (Å²) in [7, 11) is 0. The Morgan fingerprint density at radius 1 is 0.243 bits per heavy atom. The fraction of sp³-hybridized carbons (Fsp3) is 0.0588. The van der Waals surface area contributed by atoms with E-state index in [1.807, 2.05) is 0 Å². The number of para-hydroxylation sites is 4. The van der Waals surface area contributed by atoms with Crippen molar-refractivity contribution in [2.24, 2.45) is 0 Å². The Balaban J connectivity index is 1.14. The molecule has 0 fully saturated rings. The summed E-state index contributed by atoms with van der Waals surface area (Å²) in [5.74, 6) is 0. The third kappa shape index (κ3) is 6.48. The van der Waals surface area contributed by atoms with Crippen molar-refractivity contribution in [1.82, 2.24) is 0 Å². The number of benzene rings is 12. The molecule has 0 saturated carbocycles. The van der Waals surface area contributed by atoms with Gasteiger partial charge in [0.25, 0.3) is 0 Å². The molecule has 70 heavy (non-hydrogen) atoms. The summed E-state index contributed by atoms with van der Waals surface area (Å²) in [5, 5.41) is 9.85. The minimum atomic E-state index is 0.992. The molecule has 2 heterocycles. The summed E-state index contributed by atoms with van der Waals surface area (Å²) >= 11 is 0. The Kier molecular flexibility index (Phi) is 9.52. The van der Waals surface area contributed by atoms with Crippen LogP contribution in [0.3, 0.4) is 0 Å². The van der Waals surface area contributed by atoms with E-state index in [0.29, 0.717) is 0 Å². The molecule has 0 bridgehead atoms. The summed E-state index contributed by atoms with van der Waals surface area (Å²) < 4.78 is 0. The van der Waals surface area contributed by atoms with Crippen molar-refractivity contribution in [1.29, 1.82) is 0 Å². The average molecular weight is 893 g/mol. The van der Waals surface area contributed by atoms with E-state index < -0.39 is 0 Å². The number of aryl methyl sites for hydroxylation is 4. The lowest BCUT2D eigenvalue weighted by Gasteiger charge is -2.29. The SMILES string of the molecule is c1ccc(-c2ccc(-c3c4ccc(N5c6ccccc6CCc6ccccc65)cc4c(-c4cccc5ccccc45)c4ccc(N5c6ccccc6CCc6ccccc65)cc34)c3ccccc23)cc1. The number of hydrogen-bond donors (Lipinski definition) is 0. The molecule has 2 nitrogen and oxygen atoms in total. The Labute approximate surface area is 409 Å². The van der Waals surface area contributed by atoms with Crippen LogP contribution < -0.4 is 9.80 Å². The van der Waals surface area contributed by atoms with Gasteiger partial charge in [0.05, 0.1) is 0 Å². The quantitative estimate of drug-likeness (QED) is 0.159. The largest absolute Gasteiger partial charge is 0.310 e. The number of hydrogen-bond acceptors (Lipinski definition) is 2. The van der Waals surface area contributed by atoms with Gasteiger partial charge in [-0.15, -0.1) is 0 Å². The normalized spacial score (nSPS) is 13.1. The number of anilines is 6. The van der Waals surface area contributed by atoms with E-state index in [0.717, 1.165) is 37.1 Å². The van der Waals surface area contributed by atoms with Crippen molar-refractivity contribution >= 4 is 77.2 Å². The molecule has 0 atom stereocenters. The molecule has 0 spiro atoms. The van der Waals surface area contributed by atoms with E-state index in [2.05, 4.69) is 252 Å². The Morgan fingerprint density at radius 3 is 1.14 bits per heavy atom. The van der Waals surface area contributed by atoms with Gasteiger partial charge >= 0.3 is 0 Å². The van der Waals surface area contributed by atoms with Crippen LogP contribution in [0.2, 0.25) is 0 Å². The van der Waals surface area contributed by atoms with Crippen molar-refractivity contribution in [2.75, 3.05) is 9.80 Å². The van der Waals surface area contributed by atoms with E-state index >= 15 is 0 Å². The second-order valence-corrected chi connectivity index (χ2v) is 19.0. The van der Waals surface area contributed by atoms with Crippen LogP contribution in [0.5, 0.6) is 0 Å². The first-order valence-corrected chi connectivity index (χ1v) is 24.8. The molecule has 12 aromatic carbocycles. The fourth-order valence-corrected chi connectivity index (χ4v) is 12.0. The van der Waals surface area contributed by atoms with Gasteiger partial charge in [0.15, 0.2) is 0 Å². The van der Waals surface area contributed by atoms with Crippen LogP contribution >= 0.6 is 0 Å². The molecular weight excluding hydrogens is 845 g/mol. The van der Waals surface area contributed by atoms with Crippen LogP contribution in [-0.4, -0.2) is 0 Å². The van der Waals surface area contributed by atoms with Gasteiger partial charge in [0, 0.05) is 34.1 Å². The van der Waals surface area contributed by atoms with Gasteiger partial charge in [-0.3, -0.25) is 0 Å². The summed E-state index contributed by atoms with van der Waals surface area (Å²) in [6.07, 6.45) is 3.97. The van der Waals surface area contributed by atoms with Gasteiger partial charge in [-0.2, -0.15) is 0 Å². The molecule has 330 valence electrons. The first-order chi connectivity index (χ1) is 34.7. The molecule has 14 rings (SSSR count). The molecule has 2 heteroatoms. The molecule has 0 N–H and O–H groups in total. The number of fused-ring (bicyclic) bond motifs is 8. The Bertz CT molecular complexity index is 3930. The molecule has 2 aliphatic rings. The Hall–Kier alpha value is -8.72. The van der Waals surface area contributed by atoms with E-state index in [4.69, 9.17) is 0 Å². The van der Waals surface area contributed by atoms with Gasteiger partial charge in [0.2, 0.25) is 0 Å². The highest BCUT2D eigenvalue weighted by Crippen LogP contribution is 2.52. The van der Waals surface area contributed by atoms with Crippen LogP contribution in [0.15, 0.2) is 243 Å². The molecule has 0 aliphatic carbocycles. The van der Waals surface area contributed by atoms with Gasteiger partial charge in [-0.25, -0.2) is 0 Å². The molecule has 2 aliphatic heterocycles. The maximum Gasteiger partial charge on any atom is 0.0493 e. The number of rotatable bonds is 5. The lowest BCUT2D eigenvalue weighted by atomic mass is 9.82. The second-order valence-electron chi connectivity index (χ2n) is 19.0. The summed E-state index contributed by atoms with van der Waals surface area (Å²) in [6.45, 7) is 0. The molecule has 0 amide bonds. The minimum Gasteiger partial charge on any atom is -0.310 e. The highest BCUT2D eigenvalue weighted by atomic mass is 15.2. The summed E-state index contributed by atoms with van der Waals surface area (Å²) in [5.41, 5.74) is 20.1. The lowest BCUT2D eigenvalue weighted by Crippen LogP contribution is -2.12. The highest BCUT2D eigenvalue weighted by Gasteiger charge is 2.27. The summed E-state index contributed by atoms with van der Waals surface area (Å²) in [6, 6.07) is 91.0. The molecule has 0 saturated heterocycles. The third-order valence-electron chi connectivity index (χ3n) is 15.2. The predicted octanol–water partition coefficient (Wildman–Crippen LogP) is 18.4. The van der Waals surface area contributed by atoms with Crippen molar-refractivity contribution in [3.63, 3.8) is 0 Å². The first kappa shape index (κ1) is 40.4. The second kappa shape index (κ2) is 16.5. The van der Waals surface area contributed by atoms with Gasteiger partial charge in [-0.1, -0.05) is 194 Å². The zero-order valence-electron chi connectivity index (χ0n) is 38.8. The van der Waals surface area contributed by atoms with Gasteiger partial charge < -0.3 is 9.80 Å². The van der Waals surface area contributed by atoms with Crippen LogP contribution in [0.1, 0.15) is 22.3 Å². The fourth-order valence-electron chi connectivity index (χ4n) is 12.0. The van der Waals surface area contributed by atoms with Gasteiger partial charge in [0.1, 0.15) is 0 Å². The maximum absolute atomic E-state index is 2.52. The number of nitrogens with zero attached hydrogens (tertiary/aromatic N) is 2. The topological polar surface area (TPSA) is 6.48 Å². The van der Waals surface area contributed by atoms with E-state index in [-0.39, 0.29) is 0 Å². The van der Waals surface area contributed by atoms with E-state index in [9.17, 15) is 0 Å². The molecule has 12 aromatic rings. The zero-order valence-corrected chi connectivity index (χ0v) is 38.8. The van der Waals surface area contributed by atoms with E-state index in [1.54, 1.807) is 0 Å². The van der Waals surface area contributed by atoms with Crippen molar-refractivity contribution in [2.45, 2.75) is 25.7 Å². The van der Waals surface area contributed by atoms with Crippen molar-refractivity contribution in [3.05, 3.63) is 265 Å². The van der Waals surface area contributed by atoms with Crippen molar-refractivity contribution < 1.29 is 0 Å². The smallest absolute Gasteiger partial charge is 0.0493 e. The average Bonchev–Trinajstić information content (AvgIpc) is 3.70. The standard InChI is InChI=1S/C68H48N2/c1-2-17-45(18-3-1)54-41-42-58(56-27-11-10-26-55(54)56)68-60-40-38-51(69-63-29-12-5-20-47(63)33-34-48-21-6-13-30-64(48)69)43-61(60)67(57-28-16-24-46-19-4-9-25-53(46)57)59-39-37-52(44-62(59)68)70-65-31-14-7-22-49(65)35-36-50-23-8-15-32-66(50)70/h1-32,37-44H,33-36H2. The van der Waals surface area contributed by atoms with E-state index in [1.165, 1.54) is 121 Å². The lowest BCUT2D eigenvalue weighted by molar-refractivity contribution is 0.977. The monoisotopic (exact) mass is 892 g/mol. The molecule has 0 radical (unpaired) electrons. The van der Waals surface area contributed by atoms with Crippen LogP contribution in [0.4, 0.5) is 34.1 Å². The third-order valence-corrected chi connectivity index (χ3v) is 15.2. The molecule has 0 aromatic heterocycles. The minimum absolute atomic E-state index is 0.992. The first-order valence-electron chi connectivity index (χ1n) is 24.8. The zero-order chi connectivity index (χ0) is 46.1. The Morgan fingerprint density at radius 2 is 0.629 bits per heavy atom. The highest BCUT2D eigenvalue weighted by molar-refractivity contribution is 6.27. The van der Waals surface area contributed by atoms with Crippen LogP contribution in [0.25, 0.3) is 76.5 Å². The van der Waals surface area contributed by atoms with Crippen LogP contribution in [-0.2, 0) is 25.7 Å². The van der Waals surface area contributed by atoms with Gasteiger partial charge in [-0.05, 0) is 173 Å². The summed E-state index contributed by atoms with van der Waals surface area (Å²) in [4.78, 5) is 5.05. The molecular formula is C68H48N2. The van der Waals surface area contributed by atoms with Crippen LogP contribution in [0, 0.1) is 0 Å². The maximum atomic E-state index is 2.52. The van der Waals surface area contributed by atoms with Crippen molar-refractivity contribution in [3.8, 4) is 33.4 Å². The predicted molar refractivity (Wildman–Crippen MR) is 297 cm³/mol. The molecule has 0 unspecified atom stereocenters.